The SMILES string of the molecule is Nc1cc(S(=O)(=O)NCCc2ccc(Cl)s2)c(Br)cc1F. The van der Waals surface area contributed by atoms with Crippen LogP contribution in [0.15, 0.2) is 33.6 Å². The maximum Gasteiger partial charge on any atom is 0.241 e. The largest absolute Gasteiger partial charge is 0.396 e. The van der Waals surface area contributed by atoms with E-state index in [-0.39, 0.29) is 21.6 Å². The highest BCUT2D eigenvalue weighted by Gasteiger charge is 2.19. The molecule has 0 aliphatic heterocycles. The van der Waals surface area contributed by atoms with Crippen molar-refractivity contribution in [2.24, 2.45) is 0 Å². The van der Waals surface area contributed by atoms with Gasteiger partial charge in [0, 0.05) is 15.9 Å². The number of anilines is 1. The first-order chi connectivity index (χ1) is 9.79. The molecule has 0 atom stereocenters. The standard InChI is InChI=1S/C12H11BrClFN2O2S2/c13-8-5-9(15)10(16)6-11(8)21(18,19)17-4-3-7-1-2-12(14)20-7/h1-2,5-6,17H,3-4,16H2. The highest BCUT2D eigenvalue weighted by atomic mass is 79.9. The summed E-state index contributed by atoms with van der Waals surface area (Å²) in [6.45, 7) is 0.211. The van der Waals surface area contributed by atoms with Gasteiger partial charge < -0.3 is 5.73 Å². The lowest BCUT2D eigenvalue weighted by molar-refractivity contribution is 0.580. The molecule has 3 N–H and O–H groups in total. The van der Waals surface area contributed by atoms with Crippen LogP contribution >= 0.6 is 38.9 Å². The summed E-state index contributed by atoms with van der Waals surface area (Å²) in [4.78, 5) is 0.881. The Morgan fingerprint density at radius 2 is 2.10 bits per heavy atom. The van der Waals surface area contributed by atoms with E-state index in [1.165, 1.54) is 11.3 Å². The van der Waals surface area contributed by atoms with E-state index in [2.05, 4.69) is 20.7 Å². The van der Waals surface area contributed by atoms with Crippen LogP contribution in [0, 0.1) is 5.82 Å². The van der Waals surface area contributed by atoms with Gasteiger partial charge in [0.2, 0.25) is 10.0 Å². The summed E-state index contributed by atoms with van der Waals surface area (Å²) in [5.41, 5.74) is 5.19. The van der Waals surface area contributed by atoms with E-state index in [1.807, 2.05) is 6.07 Å². The molecule has 4 nitrogen and oxygen atoms in total. The van der Waals surface area contributed by atoms with Gasteiger partial charge in [-0.3, -0.25) is 0 Å². The fraction of sp³-hybridized carbons (Fsp3) is 0.167. The zero-order chi connectivity index (χ0) is 15.6. The molecule has 0 unspecified atom stereocenters. The van der Waals surface area contributed by atoms with Gasteiger partial charge in [-0.25, -0.2) is 17.5 Å². The molecular formula is C12H11BrClFN2O2S2. The van der Waals surface area contributed by atoms with E-state index in [4.69, 9.17) is 17.3 Å². The Morgan fingerprint density at radius 1 is 1.38 bits per heavy atom. The average Bonchev–Trinajstić information content (AvgIpc) is 2.79. The highest BCUT2D eigenvalue weighted by Crippen LogP contribution is 2.27. The number of nitrogens with two attached hydrogens (primary N) is 1. The molecule has 0 aliphatic carbocycles. The monoisotopic (exact) mass is 412 g/mol. The quantitative estimate of drug-likeness (QED) is 0.738. The van der Waals surface area contributed by atoms with Crippen molar-refractivity contribution in [1.29, 1.82) is 0 Å². The molecule has 21 heavy (non-hydrogen) atoms. The van der Waals surface area contributed by atoms with Gasteiger partial charge in [0.1, 0.15) is 5.82 Å². The van der Waals surface area contributed by atoms with Gasteiger partial charge in [-0.1, -0.05) is 11.6 Å². The Morgan fingerprint density at radius 3 is 2.71 bits per heavy atom. The van der Waals surface area contributed by atoms with Gasteiger partial charge in [0.25, 0.3) is 0 Å². The minimum Gasteiger partial charge on any atom is -0.396 e. The normalized spacial score (nSPS) is 11.8. The zero-order valence-electron chi connectivity index (χ0n) is 10.6. The predicted octanol–water partition coefficient (Wildman–Crippen LogP) is 3.41. The van der Waals surface area contributed by atoms with E-state index < -0.39 is 15.8 Å². The number of halogens is 3. The summed E-state index contributed by atoms with van der Waals surface area (Å²) in [5.74, 6) is -0.672. The highest BCUT2D eigenvalue weighted by molar-refractivity contribution is 9.10. The molecule has 0 amide bonds. The minimum absolute atomic E-state index is 0.0920. The van der Waals surface area contributed by atoms with Crippen LogP contribution in [-0.2, 0) is 16.4 Å². The summed E-state index contributed by atoms with van der Waals surface area (Å²) in [7, 11) is -3.77. The summed E-state index contributed by atoms with van der Waals surface area (Å²) in [6.07, 6.45) is 0.519. The van der Waals surface area contributed by atoms with Crippen LogP contribution in [0.4, 0.5) is 10.1 Å². The van der Waals surface area contributed by atoms with E-state index in [0.29, 0.717) is 10.8 Å². The number of thiophene rings is 1. The van der Waals surface area contributed by atoms with E-state index in [9.17, 15) is 12.8 Å². The molecule has 0 spiro atoms. The van der Waals surface area contributed by atoms with Crippen molar-refractivity contribution >= 4 is 54.6 Å². The topological polar surface area (TPSA) is 72.2 Å². The predicted molar refractivity (Wildman–Crippen MR) is 86.7 cm³/mol. The Kier molecular flexibility index (Phi) is 5.26. The molecule has 0 saturated carbocycles. The molecule has 1 aromatic heterocycles. The molecule has 0 bridgehead atoms. The molecule has 114 valence electrons. The van der Waals surface area contributed by atoms with Gasteiger partial charge >= 0.3 is 0 Å². The minimum atomic E-state index is -3.77. The third kappa shape index (κ3) is 4.17. The number of nitrogens with one attached hydrogen (secondary N) is 1. The molecule has 9 heteroatoms. The Bertz CT molecular complexity index is 765. The van der Waals surface area contributed by atoms with Crippen LogP contribution in [0.2, 0.25) is 4.34 Å². The van der Waals surface area contributed by atoms with Crippen molar-refractivity contribution in [3.63, 3.8) is 0 Å². The molecular weight excluding hydrogens is 403 g/mol. The number of hydrogen-bond acceptors (Lipinski definition) is 4. The molecule has 2 rings (SSSR count). The number of rotatable bonds is 5. The van der Waals surface area contributed by atoms with Crippen molar-refractivity contribution < 1.29 is 12.8 Å². The Labute approximate surface area is 139 Å². The second-order valence-corrected chi connectivity index (χ2v) is 8.55. The Balaban J connectivity index is 2.10. The Hall–Kier alpha value is -0.670. The van der Waals surface area contributed by atoms with Crippen molar-refractivity contribution in [3.05, 3.63) is 43.8 Å². The van der Waals surface area contributed by atoms with Gasteiger partial charge in [-0.2, -0.15) is 0 Å². The third-order valence-corrected chi connectivity index (χ3v) is 6.34. The molecule has 0 radical (unpaired) electrons. The van der Waals surface area contributed by atoms with Crippen LogP contribution in [0.5, 0.6) is 0 Å². The number of hydrogen-bond donors (Lipinski definition) is 2. The van der Waals surface area contributed by atoms with Gasteiger partial charge in [-0.15, -0.1) is 11.3 Å². The third-order valence-electron chi connectivity index (χ3n) is 2.63. The summed E-state index contributed by atoms with van der Waals surface area (Å²) >= 11 is 10.2. The maximum absolute atomic E-state index is 13.2. The fourth-order valence-corrected chi connectivity index (χ4v) is 4.79. The van der Waals surface area contributed by atoms with Crippen molar-refractivity contribution in [2.45, 2.75) is 11.3 Å². The molecule has 0 aliphatic rings. The first-order valence-electron chi connectivity index (χ1n) is 5.78. The van der Waals surface area contributed by atoms with Crippen LogP contribution in [0.25, 0.3) is 0 Å². The molecule has 1 heterocycles. The van der Waals surface area contributed by atoms with Crippen LogP contribution in [0.1, 0.15) is 4.88 Å². The summed E-state index contributed by atoms with van der Waals surface area (Å²) in [6, 6.07) is 5.72. The van der Waals surface area contributed by atoms with Crippen LogP contribution in [-0.4, -0.2) is 15.0 Å². The molecule has 1 aromatic carbocycles. The van der Waals surface area contributed by atoms with Crippen molar-refractivity contribution in [1.82, 2.24) is 4.72 Å². The first kappa shape index (κ1) is 16.7. The van der Waals surface area contributed by atoms with Crippen LogP contribution < -0.4 is 10.5 Å². The smallest absolute Gasteiger partial charge is 0.241 e. The van der Waals surface area contributed by atoms with Crippen LogP contribution in [0.3, 0.4) is 0 Å². The molecule has 0 saturated heterocycles. The van der Waals surface area contributed by atoms with Gasteiger partial charge in [0.15, 0.2) is 0 Å². The number of sulfonamides is 1. The van der Waals surface area contributed by atoms with E-state index in [0.717, 1.165) is 17.0 Å². The molecule has 0 fully saturated rings. The summed E-state index contributed by atoms with van der Waals surface area (Å²) < 4.78 is 40.8. The van der Waals surface area contributed by atoms with Crippen molar-refractivity contribution in [2.75, 3.05) is 12.3 Å². The number of benzene rings is 1. The second kappa shape index (κ2) is 6.62. The lowest BCUT2D eigenvalue weighted by Crippen LogP contribution is -2.26. The zero-order valence-corrected chi connectivity index (χ0v) is 14.5. The maximum atomic E-state index is 13.2. The lowest BCUT2D eigenvalue weighted by atomic mass is 10.3. The molecule has 2 aromatic rings. The van der Waals surface area contributed by atoms with E-state index >= 15 is 0 Å². The summed E-state index contributed by atoms with van der Waals surface area (Å²) in [5, 5.41) is 0. The number of nitrogen functional groups attached to an aromatic ring is 1. The average molecular weight is 414 g/mol. The lowest BCUT2D eigenvalue weighted by Gasteiger charge is -2.09. The second-order valence-electron chi connectivity index (χ2n) is 4.16. The van der Waals surface area contributed by atoms with Gasteiger partial charge in [-0.05, 0) is 46.6 Å². The van der Waals surface area contributed by atoms with Gasteiger partial charge in [0.05, 0.1) is 14.9 Å². The first-order valence-corrected chi connectivity index (χ1v) is 9.25. The van der Waals surface area contributed by atoms with E-state index in [1.54, 1.807) is 6.07 Å². The van der Waals surface area contributed by atoms with Crippen molar-refractivity contribution in [3.8, 4) is 0 Å². The fourth-order valence-electron chi connectivity index (χ4n) is 1.62.